The van der Waals surface area contributed by atoms with Crippen molar-refractivity contribution in [1.82, 2.24) is 0 Å². The molecule has 3 nitrogen and oxygen atoms in total. The van der Waals surface area contributed by atoms with Crippen molar-refractivity contribution < 1.29 is 4.79 Å². The van der Waals surface area contributed by atoms with Crippen LogP contribution in [0.15, 0.2) is 0 Å². The zero-order valence-electron chi connectivity index (χ0n) is 7.16. The second-order valence-corrected chi connectivity index (χ2v) is 4.64. The van der Waals surface area contributed by atoms with Crippen LogP contribution in [-0.4, -0.2) is 23.0 Å². The van der Waals surface area contributed by atoms with Gasteiger partial charge in [-0.2, -0.15) is 11.8 Å². The van der Waals surface area contributed by atoms with Crippen molar-refractivity contribution in [1.29, 1.82) is 0 Å². The molecule has 0 saturated carbocycles. The number of amides is 1. The topological polar surface area (TPSA) is 69.1 Å². The smallest absolute Gasteiger partial charge is 0.234 e. The molecule has 1 heterocycles. The van der Waals surface area contributed by atoms with Crippen molar-refractivity contribution in [2.45, 2.75) is 37.0 Å². The molecule has 1 rings (SSSR count). The summed E-state index contributed by atoms with van der Waals surface area (Å²) in [6.45, 7) is 0. The predicted molar refractivity (Wildman–Crippen MR) is 51.9 cm³/mol. The molecule has 1 saturated heterocycles. The van der Waals surface area contributed by atoms with Gasteiger partial charge in [-0.1, -0.05) is 6.42 Å². The Morgan fingerprint density at radius 1 is 1.58 bits per heavy atom. The standard InChI is InChI=1S/C8H16N2OS/c9-7(8(10)11)5-6-3-1-2-4-12-6/h6-7H,1-5,9H2,(H2,10,11). The van der Waals surface area contributed by atoms with Gasteiger partial charge < -0.3 is 11.5 Å². The lowest BCUT2D eigenvalue weighted by molar-refractivity contribution is -0.119. The summed E-state index contributed by atoms with van der Waals surface area (Å²) in [7, 11) is 0. The third kappa shape index (κ3) is 3.03. The monoisotopic (exact) mass is 188 g/mol. The molecule has 4 heteroatoms. The Bertz CT molecular complexity index is 157. The van der Waals surface area contributed by atoms with Gasteiger partial charge in [-0.05, 0) is 25.0 Å². The summed E-state index contributed by atoms with van der Waals surface area (Å²) in [5.41, 5.74) is 10.6. The van der Waals surface area contributed by atoms with E-state index in [0.29, 0.717) is 5.25 Å². The maximum atomic E-state index is 10.7. The average Bonchev–Trinajstić information content (AvgIpc) is 2.06. The molecule has 1 fully saturated rings. The Morgan fingerprint density at radius 3 is 2.83 bits per heavy atom. The number of carbonyl (C=O) groups is 1. The predicted octanol–water partition coefficient (Wildman–Crippen LogP) is 0.475. The van der Waals surface area contributed by atoms with Crippen LogP contribution in [0.5, 0.6) is 0 Å². The zero-order valence-corrected chi connectivity index (χ0v) is 7.98. The molecule has 0 spiro atoms. The molecule has 0 bridgehead atoms. The lowest BCUT2D eigenvalue weighted by Gasteiger charge is -2.22. The Balaban J connectivity index is 2.24. The summed E-state index contributed by atoms with van der Waals surface area (Å²) in [5, 5.41) is 0.557. The normalized spacial score (nSPS) is 26.6. The maximum Gasteiger partial charge on any atom is 0.234 e. The van der Waals surface area contributed by atoms with Crippen molar-refractivity contribution in [3.8, 4) is 0 Å². The number of thioether (sulfide) groups is 1. The molecule has 1 aliphatic rings. The first-order chi connectivity index (χ1) is 5.70. The lowest BCUT2D eigenvalue weighted by Crippen LogP contribution is -2.38. The molecule has 12 heavy (non-hydrogen) atoms. The van der Waals surface area contributed by atoms with Gasteiger partial charge in [0.15, 0.2) is 0 Å². The summed E-state index contributed by atoms with van der Waals surface area (Å²) in [6, 6.07) is -0.444. The Morgan fingerprint density at radius 2 is 2.33 bits per heavy atom. The van der Waals surface area contributed by atoms with Gasteiger partial charge in [0.25, 0.3) is 0 Å². The summed E-state index contributed by atoms with van der Waals surface area (Å²) < 4.78 is 0. The molecule has 1 aliphatic heterocycles. The van der Waals surface area contributed by atoms with E-state index in [1.165, 1.54) is 25.0 Å². The van der Waals surface area contributed by atoms with E-state index >= 15 is 0 Å². The van der Waals surface area contributed by atoms with Gasteiger partial charge in [0, 0.05) is 5.25 Å². The Kier molecular flexibility index (Phi) is 3.88. The van der Waals surface area contributed by atoms with E-state index in [9.17, 15) is 4.79 Å². The number of carbonyl (C=O) groups excluding carboxylic acids is 1. The number of primary amides is 1. The highest BCUT2D eigenvalue weighted by atomic mass is 32.2. The summed E-state index contributed by atoms with van der Waals surface area (Å²) in [6.07, 6.45) is 4.50. The van der Waals surface area contributed by atoms with E-state index in [-0.39, 0.29) is 5.91 Å². The van der Waals surface area contributed by atoms with E-state index in [1.54, 1.807) is 0 Å². The second-order valence-electron chi connectivity index (χ2n) is 3.23. The third-order valence-corrected chi connectivity index (χ3v) is 3.58. The first-order valence-electron chi connectivity index (χ1n) is 4.36. The molecule has 2 unspecified atom stereocenters. The molecular formula is C8H16N2OS. The van der Waals surface area contributed by atoms with Crippen molar-refractivity contribution in [3.63, 3.8) is 0 Å². The van der Waals surface area contributed by atoms with Crippen molar-refractivity contribution in [2.24, 2.45) is 11.5 Å². The third-order valence-electron chi connectivity index (χ3n) is 2.16. The van der Waals surface area contributed by atoms with Crippen molar-refractivity contribution in [3.05, 3.63) is 0 Å². The lowest BCUT2D eigenvalue weighted by atomic mass is 10.1. The van der Waals surface area contributed by atoms with Crippen LogP contribution in [0.1, 0.15) is 25.7 Å². The average molecular weight is 188 g/mol. The molecule has 0 aromatic carbocycles. The molecule has 0 radical (unpaired) electrons. The molecule has 0 aromatic rings. The fraction of sp³-hybridized carbons (Fsp3) is 0.875. The minimum Gasteiger partial charge on any atom is -0.368 e. The highest BCUT2D eigenvalue weighted by molar-refractivity contribution is 7.99. The van der Waals surface area contributed by atoms with Gasteiger partial charge in [-0.3, -0.25) is 4.79 Å². The first-order valence-corrected chi connectivity index (χ1v) is 5.41. The number of rotatable bonds is 3. The quantitative estimate of drug-likeness (QED) is 0.676. The Hall–Kier alpha value is -0.220. The van der Waals surface area contributed by atoms with Crippen LogP contribution >= 0.6 is 11.8 Å². The van der Waals surface area contributed by atoms with Crippen LogP contribution in [0, 0.1) is 0 Å². The fourth-order valence-corrected chi connectivity index (χ4v) is 2.77. The highest BCUT2D eigenvalue weighted by Crippen LogP contribution is 2.27. The maximum absolute atomic E-state index is 10.7. The number of hydrogen-bond donors (Lipinski definition) is 2. The van der Waals surface area contributed by atoms with Gasteiger partial charge in [-0.15, -0.1) is 0 Å². The second kappa shape index (κ2) is 4.72. The minimum absolute atomic E-state index is 0.374. The molecule has 0 aromatic heterocycles. The van der Waals surface area contributed by atoms with Crippen LogP contribution in [0.25, 0.3) is 0 Å². The SMILES string of the molecule is NC(=O)C(N)CC1CCCCS1. The first kappa shape index (κ1) is 9.86. The van der Waals surface area contributed by atoms with Crippen LogP contribution in [0.4, 0.5) is 0 Å². The van der Waals surface area contributed by atoms with Gasteiger partial charge in [0.1, 0.15) is 0 Å². The van der Waals surface area contributed by atoms with Crippen LogP contribution in [0.2, 0.25) is 0 Å². The summed E-state index contributed by atoms with van der Waals surface area (Å²) in [4.78, 5) is 10.7. The van der Waals surface area contributed by atoms with E-state index < -0.39 is 6.04 Å². The molecule has 2 atom stereocenters. The van der Waals surface area contributed by atoms with Crippen molar-refractivity contribution >= 4 is 17.7 Å². The molecule has 0 aliphatic carbocycles. The van der Waals surface area contributed by atoms with E-state index in [1.807, 2.05) is 11.8 Å². The fourth-order valence-electron chi connectivity index (χ4n) is 1.39. The minimum atomic E-state index is -0.444. The van der Waals surface area contributed by atoms with Crippen molar-refractivity contribution in [2.75, 3.05) is 5.75 Å². The molecule has 1 amide bonds. The molecule has 70 valence electrons. The van der Waals surface area contributed by atoms with Gasteiger partial charge >= 0.3 is 0 Å². The highest BCUT2D eigenvalue weighted by Gasteiger charge is 2.19. The van der Waals surface area contributed by atoms with Crippen LogP contribution in [-0.2, 0) is 4.79 Å². The number of hydrogen-bond acceptors (Lipinski definition) is 3. The van der Waals surface area contributed by atoms with E-state index in [4.69, 9.17) is 11.5 Å². The van der Waals surface area contributed by atoms with Crippen LogP contribution < -0.4 is 11.5 Å². The number of nitrogens with two attached hydrogens (primary N) is 2. The molecular weight excluding hydrogens is 172 g/mol. The largest absolute Gasteiger partial charge is 0.368 e. The summed E-state index contributed by atoms with van der Waals surface area (Å²) >= 11 is 1.92. The van der Waals surface area contributed by atoms with Gasteiger partial charge in [0.05, 0.1) is 6.04 Å². The van der Waals surface area contributed by atoms with Gasteiger partial charge in [-0.25, -0.2) is 0 Å². The van der Waals surface area contributed by atoms with E-state index in [2.05, 4.69) is 0 Å². The van der Waals surface area contributed by atoms with E-state index in [0.717, 1.165) is 6.42 Å². The Labute approximate surface area is 77.3 Å². The summed E-state index contributed by atoms with van der Waals surface area (Å²) in [5.74, 6) is 0.831. The van der Waals surface area contributed by atoms with Crippen LogP contribution in [0.3, 0.4) is 0 Å². The van der Waals surface area contributed by atoms with Gasteiger partial charge in [0.2, 0.25) is 5.91 Å². The molecule has 4 N–H and O–H groups in total. The zero-order chi connectivity index (χ0) is 8.97.